The molecule has 1 aliphatic carbocycles. The Balaban J connectivity index is 1.63. The summed E-state index contributed by atoms with van der Waals surface area (Å²) in [5.41, 5.74) is 1.96. The van der Waals surface area contributed by atoms with Gasteiger partial charge in [0.15, 0.2) is 6.61 Å². The lowest BCUT2D eigenvalue weighted by Crippen LogP contribution is -2.39. The lowest BCUT2D eigenvalue weighted by atomic mass is 9.82. The number of anilines is 1. The molecule has 0 unspecified atom stereocenters. The normalized spacial score (nSPS) is 25.7. The first-order valence-corrected chi connectivity index (χ1v) is 6.49. The molecule has 2 aliphatic rings. The Kier molecular flexibility index (Phi) is 2.96. The molecule has 4 nitrogen and oxygen atoms in total. The van der Waals surface area contributed by atoms with E-state index in [2.05, 4.69) is 17.6 Å². The largest absolute Gasteiger partial charge is 0.482 e. The van der Waals surface area contributed by atoms with E-state index < -0.39 is 0 Å². The van der Waals surface area contributed by atoms with Crippen LogP contribution in [0.4, 0.5) is 5.69 Å². The zero-order valence-corrected chi connectivity index (χ0v) is 10.5. The Bertz CT molecular complexity index is 467. The number of amides is 1. The third kappa shape index (κ3) is 2.34. The molecule has 1 aromatic rings. The molecule has 0 bridgehead atoms. The first-order valence-electron chi connectivity index (χ1n) is 6.49. The fourth-order valence-corrected chi connectivity index (χ4v) is 2.57. The second-order valence-corrected chi connectivity index (χ2v) is 5.32. The lowest BCUT2D eigenvalue weighted by molar-refractivity contribution is -0.118. The molecular weight excluding hydrogens is 228 g/mol. The quantitative estimate of drug-likeness (QED) is 0.856. The van der Waals surface area contributed by atoms with Gasteiger partial charge < -0.3 is 15.4 Å². The number of ether oxygens (including phenoxy) is 1. The number of nitrogens with one attached hydrogen (secondary N) is 2. The molecule has 0 saturated heterocycles. The minimum absolute atomic E-state index is 0.0829. The summed E-state index contributed by atoms with van der Waals surface area (Å²) in [7, 11) is 0. The summed E-state index contributed by atoms with van der Waals surface area (Å²) in [6, 6.07) is 6.61. The molecule has 1 aliphatic heterocycles. The second kappa shape index (κ2) is 4.61. The first kappa shape index (κ1) is 11.5. The Morgan fingerprint density at radius 1 is 1.44 bits per heavy atom. The van der Waals surface area contributed by atoms with Crippen LogP contribution in [-0.4, -0.2) is 18.6 Å². The summed E-state index contributed by atoms with van der Waals surface area (Å²) in [5.74, 6) is 1.54. The number of carbonyl (C=O) groups is 1. The maximum atomic E-state index is 11.2. The second-order valence-electron chi connectivity index (χ2n) is 5.32. The Labute approximate surface area is 107 Å². The number of rotatable bonds is 3. The Morgan fingerprint density at radius 2 is 2.28 bits per heavy atom. The van der Waals surface area contributed by atoms with E-state index in [1.807, 2.05) is 18.2 Å². The van der Waals surface area contributed by atoms with Crippen LogP contribution in [0.2, 0.25) is 0 Å². The van der Waals surface area contributed by atoms with Crippen molar-refractivity contribution < 1.29 is 9.53 Å². The van der Waals surface area contributed by atoms with Crippen molar-refractivity contribution in [2.45, 2.75) is 32.4 Å². The minimum Gasteiger partial charge on any atom is -0.482 e. The van der Waals surface area contributed by atoms with Crippen LogP contribution in [0.25, 0.3) is 0 Å². The van der Waals surface area contributed by atoms with Crippen molar-refractivity contribution >= 4 is 11.6 Å². The number of hydrogen-bond donors (Lipinski definition) is 2. The minimum atomic E-state index is -0.0829. The predicted molar refractivity (Wildman–Crippen MR) is 69.6 cm³/mol. The van der Waals surface area contributed by atoms with Crippen molar-refractivity contribution in [2.24, 2.45) is 5.92 Å². The fraction of sp³-hybridized carbons (Fsp3) is 0.500. The topological polar surface area (TPSA) is 50.4 Å². The van der Waals surface area contributed by atoms with E-state index in [1.165, 1.54) is 18.4 Å². The van der Waals surface area contributed by atoms with E-state index in [9.17, 15) is 4.79 Å². The van der Waals surface area contributed by atoms with E-state index >= 15 is 0 Å². The average Bonchev–Trinajstić information content (AvgIpc) is 2.32. The summed E-state index contributed by atoms with van der Waals surface area (Å²) in [6.07, 6.45) is 2.54. The summed E-state index contributed by atoms with van der Waals surface area (Å²) < 4.78 is 5.33. The van der Waals surface area contributed by atoms with Crippen molar-refractivity contribution in [2.75, 3.05) is 11.9 Å². The van der Waals surface area contributed by atoms with Gasteiger partial charge in [0.05, 0.1) is 5.69 Å². The van der Waals surface area contributed by atoms with Crippen molar-refractivity contribution in [3.8, 4) is 5.75 Å². The number of fused-ring (bicyclic) bond motifs is 1. The molecule has 1 saturated carbocycles. The standard InChI is InChI=1S/C14H18N2O2/c1-9-4-11(5-9)15-7-10-2-3-13-12(6-10)16-14(17)8-18-13/h2-3,6,9,11,15H,4-5,7-8H2,1H3,(H,16,17). The number of hydrogen-bond acceptors (Lipinski definition) is 3. The first-order chi connectivity index (χ1) is 8.70. The Hall–Kier alpha value is -1.55. The SMILES string of the molecule is CC1CC(NCc2ccc3c(c2)NC(=O)CO3)C1. The highest BCUT2D eigenvalue weighted by Crippen LogP contribution is 2.29. The van der Waals surface area contributed by atoms with Gasteiger partial charge in [-0.15, -0.1) is 0 Å². The molecule has 96 valence electrons. The molecule has 1 heterocycles. The highest BCUT2D eigenvalue weighted by Gasteiger charge is 2.24. The van der Waals surface area contributed by atoms with Crippen molar-refractivity contribution in [1.29, 1.82) is 0 Å². The molecule has 3 rings (SSSR count). The molecule has 2 N–H and O–H groups in total. The monoisotopic (exact) mass is 246 g/mol. The van der Waals surface area contributed by atoms with Crippen LogP contribution in [0.3, 0.4) is 0 Å². The predicted octanol–water partition coefficient (Wildman–Crippen LogP) is 1.91. The highest BCUT2D eigenvalue weighted by molar-refractivity contribution is 5.95. The van der Waals surface area contributed by atoms with Crippen LogP contribution in [0.15, 0.2) is 18.2 Å². The molecule has 18 heavy (non-hydrogen) atoms. The molecular formula is C14H18N2O2. The lowest BCUT2D eigenvalue weighted by Gasteiger charge is -2.33. The molecule has 1 amide bonds. The third-order valence-corrected chi connectivity index (χ3v) is 3.65. The van der Waals surface area contributed by atoms with Crippen molar-refractivity contribution in [1.82, 2.24) is 5.32 Å². The van der Waals surface area contributed by atoms with Gasteiger partial charge in [-0.3, -0.25) is 4.79 Å². The average molecular weight is 246 g/mol. The van der Waals surface area contributed by atoms with Crippen molar-refractivity contribution in [3.63, 3.8) is 0 Å². The molecule has 4 heteroatoms. The molecule has 0 spiro atoms. The molecule has 1 aromatic carbocycles. The van der Waals surface area contributed by atoms with E-state index in [-0.39, 0.29) is 12.5 Å². The molecule has 0 aromatic heterocycles. The Morgan fingerprint density at radius 3 is 3.06 bits per heavy atom. The van der Waals surface area contributed by atoms with Crippen LogP contribution in [0.5, 0.6) is 5.75 Å². The van der Waals surface area contributed by atoms with Crippen LogP contribution in [0.1, 0.15) is 25.3 Å². The summed E-state index contributed by atoms with van der Waals surface area (Å²) in [4.78, 5) is 11.2. The maximum Gasteiger partial charge on any atom is 0.262 e. The number of carbonyl (C=O) groups excluding carboxylic acids is 1. The maximum absolute atomic E-state index is 11.2. The van der Waals surface area contributed by atoms with Gasteiger partial charge in [0.1, 0.15) is 5.75 Å². The van der Waals surface area contributed by atoms with Gasteiger partial charge in [-0.2, -0.15) is 0 Å². The van der Waals surface area contributed by atoms with Crippen LogP contribution in [-0.2, 0) is 11.3 Å². The van der Waals surface area contributed by atoms with Crippen LogP contribution in [0, 0.1) is 5.92 Å². The third-order valence-electron chi connectivity index (χ3n) is 3.65. The molecule has 1 fully saturated rings. The van der Waals surface area contributed by atoms with Gasteiger partial charge in [-0.1, -0.05) is 13.0 Å². The van der Waals surface area contributed by atoms with E-state index in [0.29, 0.717) is 6.04 Å². The fourth-order valence-electron chi connectivity index (χ4n) is 2.57. The van der Waals surface area contributed by atoms with Crippen LogP contribution < -0.4 is 15.4 Å². The van der Waals surface area contributed by atoms with E-state index in [1.54, 1.807) is 0 Å². The smallest absolute Gasteiger partial charge is 0.262 e. The van der Waals surface area contributed by atoms with Crippen molar-refractivity contribution in [3.05, 3.63) is 23.8 Å². The van der Waals surface area contributed by atoms with Gasteiger partial charge in [0.2, 0.25) is 0 Å². The zero-order valence-electron chi connectivity index (χ0n) is 10.5. The summed E-state index contributed by atoms with van der Waals surface area (Å²) in [5, 5.41) is 6.36. The van der Waals surface area contributed by atoms with E-state index in [4.69, 9.17) is 4.74 Å². The van der Waals surface area contributed by atoms with Gasteiger partial charge in [0, 0.05) is 12.6 Å². The van der Waals surface area contributed by atoms with E-state index in [0.717, 1.165) is 23.9 Å². The molecule has 0 radical (unpaired) electrons. The summed E-state index contributed by atoms with van der Waals surface area (Å²) in [6.45, 7) is 3.25. The molecule has 0 atom stereocenters. The summed E-state index contributed by atoms with van der Waals surface area (Å²) >= 11 is 0. The highest BCUT2D eigenvalue weighted by atomic mass is 16.5. The van der Waals surface area contributed by atoms with Gasteiger partial charge in [0.25, 0.3) is 5.91 Å². The van der Waals surface area contributed by atoms with Gasteiger partial charge in [-0.25, -0.2) is 0 Å². The zero-order chi connectivity index (χ0) is 12.5. The number of benzene rings is 1. The van der Waals surface area contributed by atoms with Crippen LogP contribution >= 0.6 is 0 Å². The van der Waals surface area contributed by atoms with Gasteiger partial charge >= 0.3 is 0 Å². The van der Waals surface area contributed by atoms with Gasteiger partial charge in [-0.05, 0) is 36.5 Å².